The normalized spacial score (nSPS) is 22.5. The van der Waals surface area contributed by atoms with Crippen LogP contribution < -0.4 is 5.32 Å². The molecule has 0 aliphatic carbocycles. The Morgan fingerprint density at radius 2 is 2.00 bits per heavy atom. The zero-order chi connectivity index (χ0) is 25.0. The van der Waals surface area contributed by atoms with Crippen molar-refractivity contribution in [1.82, 2.24) is 24.7 Å². The van der Waals surface area contributed by atoms with E-state index in [0.717, 1.165) is 53.9 Å². The van der Waals surface area contributed by atoms with E-state index in [-0.39, 0.29) is 24.8 Å². The molecule has 3 amide bonds. The van der Waals surface area contributed by atoms with Gasteiger partial charge in [-0.2, -0.15) is 0 Å². The van der Waals surface area contributed by atoms with Crippen molar-refractivity contribution in [2.75, 3.05) is 19.7 Å². The van der Waals surface area contributed by atoms with Gasteiger partial charge in [-0.05, 0) is 60.7 Å². The predicted molar refractivity (Wildman–Crippen MR) is 133 cm³/mol. The van der Waals surface area contributed by atoms with Crippen LogP contribution in [0.15, 0.2) is 36.5 Å². The number of piperidine rings is 1. The second kappa shape index (κ2) is 8.83. The molecule has 3 aromatic rings. The van der Waals surface area contributed by atoms with Crippen molar-refractivity contribution >= 4 is 28.8 Å². The third kappa shape index (κ3) is 3.88. The van der Waals surface area contributed by atoms with Gasteiger partial charge in [0.2, 0.25) is 11.8 Å². The van der Waals surface area contributed by atoms with E-state index < -0.39 is 11.9 Å². The Labute approximate surface area is 208 Å². The summed E-state index contributed by atoms with van der Waals surface area (Å²) in [6, 6.07) is 9.34. The first kappa shape index (κ1) is 22.9. The number of nitrogens with one attached hydrogen (secondary N) is 1. The minimum atomic E-state index is -0.626. The molecule has 0 spiro atoms. The number of nitrogens with zero attached hydrogens (tertiary/aromatic N) is 4. The fourth-order valence-electron chi connectivity index (χ4n) is 5.76. The maximum absolute atomic E-state index is 13.1. The van der Waals surface area contributed by atoms with Crippen molar-refractivity contribution in [2.45, 2.75) is 38.4 Å². The Balaban J connectivity index is 1.31. The molecular weight excluding hydrogens is 458 g/mol. The highest BCUT2D eigenvalue weighted by Crippen LogP contribution is 2.33. The molecule has 0 bridgehead atoms. The molecule has 2 N–H and O–H groups in total. The fourth-order valence-corrected chi connectivity index (χ4v) is 5.76. The molecule has 5 heterocycles. The van der Waals surface area contributed by atoms with Crippen LogP contribution in [0.4, 0.5) is 0 Å². The second-order valence-electron chi connectivity index (χ2n) is 10.2. The summed E-state index contributed by atoms with van der Waals surface area (Å²) in [6.07, 6.45) is 3.61. The molecule has 2 fully saturated rings. The lowest BCUT2D eigenvalue weighted by Gasteiger charge is -2.29. The van der Waals surface area contributed by atoms with Crippen LogP contribution in [0, 0.1) is 5.92 Å². The number of carbonyl (C=O) groups excluding carboxylic acids is 3. The number of aliphatic hydroxyl groups excluding tert-OH is 1. The van der Waals surface area contributed by atoms with Gasteiger partial charge in [0.25, 0.3) is 5.91 Å². The van der Waals surface area contributed by atoms with Crippen molar-refractivity contribution in [2.24, 2.45) is 13.0 Å². The standard InChI is InChI=1S/C27H29N5O4/c1-30-8-7-20-19(13-31-9-6-16(12-31)15-33)11-22(28-25(20)30)17-2-3-21-18(10-17)14-32(27(21)36)23-4-5-24(34)29-26(23)35/h2-3,7-8,10-11,16,23,33H,4-6,9,12-15H2,1H3,(H,29,34,35). The second-order valence-corrected chi connectivity index (χ2v) is 10.2. The van der Waals surface area contributed by atoms with Crippen LogP contribution in [0.25, 0.3) is 22.3 Å². The summed E-state index contributed by atoms with van der Waals surface area (Å²) in [6.45, 7) is 3.21. The van der Waals surface area contributed by atoms with Crippen molar-refractivity contribution in [3.63, 3.8) is 0 Å². The van der Waals surface area contributed by atoms with Crippen molar-refractivity contribution < 1.29 is 19.5 Å². The Bertz CT molecular complexity index is 1400. The van der Waals surface area contributed by atoms with Gasteiger partial charge in [-0.1, -0.05) is 6.07 Å². The molecule has 2 aromatic heterocycles. The van der Waals surface area contributed by atoms with Crippen LogP contribution in [0.2, 0.25) is 0 Å². The van der Waals surface area contributed by atoms with E-state index in [1.54, 1.807) is 4.90 Å². The zero-order valence-electron chi connectivity index (χ0n) is 20.2. The molecule has 9 nitrogen and oxygen atoms in total. The molecule has 3 aliphatic rings. The highest BCUT2D eigenvalue weighted by atomic mass is 16.3. The molecule has 2 saturated heterocycles. The summed E-state index contributed by atoms with van der Waals surface area (Å²) in [4.78, 5) is 45.9. The number of hydrogen-bond donors (Lipinski definition) is 2. The molecule has 2 unspecified atom stereocenters. The van der Waals surface area contributed by atoms with E-state index in [4.69, 9.17) is 4.98 Å². The van der Waals surface area contributed by atoms with Crippen molar-refractivity contribution in [3.05, 3.63) is 53.2 Å². The number of likely N-dealkylation sites (tertiary alicyclic amines) is 1. The van der Waals surface area contributed by atoms with Gasteiger partial charge < -0.3 is 14.6 Å². The minimum Gasteiger partial charge on any atom is -0.396 e. The third-order valence-corrected chi connectivity index (χ3v) is 7.76. The van der Waals surface area contributed by atoms with Crippen molar-refractivity contribution in [3.8, 4) is 11.3 Å². The Morgan fingerprint density at radius 1 is 1.14 bits per heavy atom. The van der Waals surface area contributed by atoms with E-state index >= 15 is 0 Å². The van der Waals surface area contributed by atoms with Gasteiger partial charge in [0.15, 0.2) is 0 Å². The van der Waals surface area contributed by atoms with Gasteiger partial charge in [0.05, 0.1) is 5.69 Å². The van der Waals surface area contributed by atoms with Crippen molar-refractivity contribution in [1.29, 1.82) is 0 Å². The minimum absolute atomic E-state index is 0.176. The number of imide groups is 1. The van der Waals surface area contributed by atoms with Crippen LogP contribution in [0.1, 0.15) is 40.7 Å². The van der Waals surface area contributed by atoms with Gasteiger partial charge in [-0.3, -0.25) is 24.6 Å². The number of pyridine rings is 1. The Kier molecular flexibility index (Phi) is 5.61. The average Bonchev–Trinajstić information content (AvgIpc) is 3.57. The molecule has 6 rings (SSSR count). The topological polar surface area (TPSA) is 108 Å². The number of aliphatic hydroxyl groups is 1. The van der Waals surface area contributed by atoms with Crippen LogP contribution in [-0.2, 0) is 29.7 Å². The lowest BCUT2D eigenvalue weighted by molar-refractivity contribution is -0.136. The predicted octanol–water partition coefficient (Wildman–Crippen LogP) is 1.82. The molecule has 9 heteroatoms. The van der Waals surface area contributed by atoms with Gasteiger partial charge in [-0.15, -0.1) is 0 Å². The summed E-state index contributed by atoms with van der Waals surface area (Å²) in [5, 5.41) is 13.0. The number of amides is 3. The monoisotopic (exact) mass is 487 g/mol. The van der Waals surface area contributed by atoms with E-state index in [1.165, 1.54) is 5.56 Å². The quantitative estimate of drug-likeness (QED) is 0.532. The first-order valence-electron chi connectivity index (χ1n) is 12.5. The molecular formula is C27H29N5O4. The van der Waals surface area contributed by atoms with Crippen LogP contribution in [0.3, 0.4) is 0 Å². The highest BCUT2D eigenvalue weighted by Gasteiger charge is 2.39. The maximum atomic E-state index is 13.1. The van der Waals surface area contributed by atoms with E-state index in [0.29, 0.717) is 24.4 Å². The number of rotatable bonds is 5. The molecule has 1 aromatic carbocycles. The number of carbonyl (C=O) groups is 3. The molecule has 3 aliphatic heterocycles. The summed E-state index contributed by atoms with van der Waals surface area (Å²) in [5.74, 6) is -0.538. The third-order valence-electron chi connectivity index (χ3n) is 7.76. The van der Waals surface area contributed by atoms with Gasteiger partial charge in [-0.25, -0.2) is 4.98 Å². The fraction of sp³-hybridized carbons (Fsp3) is 0.407. The zero-order valence-corrected chi connectivity index (χ0v) is 20.2. The molecule has 2 atom stereocenters. The molecule has 186 valence electrons. The summed E-state index contributed by atoms with van der Waals surface area (Å²) >= 11 is 0. The number of aryl methyl sites for hydroxylation is 1. The maximum Gasteiger partial charge on any atom is 0.255 e. The van der Waals surface area contributed by atoms with Gasteiger partial charge in [0, 0.05) is 62.4 Å². The summed E-state index contributed by atoms with van der Waals surface area (Å²) < 4.78 is 2.02. The number of benzene rings is 1. The lowest BCUT2D eigenvalue weighted by Crippen LogP contribution is -2.52. The summed E-state index contributed by atoms with van der Waals surface area (Å²) in [5.41, 5.74) is 5.31. The highest BCUT2D eigenvalue weighted by molar-refractivity contribution is 6.05. The SMILES string of the molecule is Cn1ccc2c(CN3CCC(CO)C3)cc(-c3ccc4c(c3)CN(C3CCC(=O)NC3=O)C4=O)nc21. The largest absolute Gasteiger partial charge is 0.396 e. The number of hydrogen-bond acceptors (Lipinski definition) is 6. The van der Waals surface area contributed by atoms with E-state index in [9.17, 15) is 19.5 Å². The first-order chi connectivity index (χ1) is 17.4. The average molecular weight is 488 g/mol. The van der Waals surface area contributed by atoms with Crippen LogP contribution in [0.5, 0.6) is 0 Å². The lowest BCUT2D eigenvalue weighted by atomic mass is 10.0. The van der Waals surface area contributed by atoms with Crippen LogP contribution in [-0.4, -0.2) is 67.9 Å². The molecule has 36 heavy (non-hydrogen) atoms. The molecule has 0 saturated carbocycles. The first-order valence-corrected chi connectivity index (χ1v) is 12.5. The summed E-state index contributed by atoms with van der Waals surface area (Å²) in [7, 11) is 1.99. The van der Waals surface area contributed by atoms with Gasteiger partial charge >= 0.3 is 0 Å². The number of aromatic nitrogens is 2. The van der Waals surface area contributed by atoms with Crippen LogP contribution >= 0.6 is 0 Å². The van der Waals surface area contributed by atoms with E-state index in [2.05, 4.69) is 22.3 Å². The van der Waals surface area contributed by atoms with E-state index in [1.807, 2.05) is 36.0 Å². The number of fused-ring (bicyclic) bond motifs is 2. The van der Waals surface area contributed by atoms with Gasteiger partial charge in [0.1, 0.15) is 11.7 Å². The Hall–Kier alpha value is -3.56. The Morgan fingerprint density at radius 3 is 2.78 bits per heavy atom. The smallest absolute Gasteiger partial charge is 0.255 e. The molecule has 0 radical (unpaired) electrons.